The zero-order valence-electron chi connectivity index (χ0n) is 53.4. The Labute approximate surface area is 527 Å². The molecule has 0 aliphatic carbocycles. The molecule has 3 saturated heterocycles. The molecule has 88 heavy (non-hydrogen) atoms. The summed E-state index contributed by atoms with van der Waals surface area (Å²) < 4.78 is 34.3. The highest BCUT2D eigenvalue weighted by Crippen LogP contribution is 2.33. The molecule has 19 nitrogen and oxygen atoms in total. The molecule has 0 aromatic rings. The predicted octanol–water partition coefficient (Wildman–Crippen LogP) is 8.32. The third kappa shape index (κ3) is 32.5. The number of aliphatic hydroxyl groups is 11. The first-order valence-corrected chi connectivity index (χ1v) is 33.8. The Morgan fingerprint density at radius 1 is 0.420 bits per heavy atom. The fourth-order valence-electron chi connectivity index (χ4n) is 10.9. The van der Waals surface area contributed by atoms with E-state index in [1.54, 1.807) is 6.08 Å². The third-order valence-corrected chi connectivity index (χ3v) is 16.4. The van der Waals surface area contributed by atoms with E-state index in [4.69, 9.17) is 28.4 Å². The van der Waals surface area contributed by atoms with Crippen molar-refractivity contribution in [3.05, 3.63) is 85.1 Å². The van der Waals surface area contributed by atoms with E-state index in [9.17, 15) is 61.0 Å². The highest BCUT2D eigenvalue weighted by molar-refractivity contribution is 5.76. The first kappa shape index (κ1) is 79.2. The summed E-state index contributed by atoms with van der Waals surface area (Å²) in [5.41, 5.74) is 0. The summed E-state index contributed by atoms with van der Waals surface area (Å²) in [4.78, 5) is 13.4. The van der Waals surface area contributed by atoms with Crippen molar-refractivity contribution in [2.24, 2.45) is 0 Å². The normalized spacial score (nSPS) is 28.9. The Morgan fingerprint density at radius 3 is 1.27 bits per heavy atom. The van der Waals surface area contributed by atoms with Crippen LogP contribution < -0.4 is 5.32 Å². The minimum absolute atomic E-state index is 0.222. The Hall–Kier alpha value is -3.03. The quantitative estimate of drug-likeness (QED) is 0.0201. The Kier molecular flexibility index (Phi) is 45.5. The van der Waals surface area contributed by atoms with Gasteiger partial charge >= 0.3 is 0 Å². The van der Waals surface area contributed by atoms with Crippen molar-refractivity contribution in [3.63, 3.8) is 0 Å². The van der Waals surface area contributed by atoms with Crippen molar-refractivity contribution < 1.29 is 89.4 Å². The molecule has 0 bridgehead atoms. The van der Waals surface area contributed by atoms with E-state index in [0.29, 0.717) is 12.8 Å². The molecule has 0 aromatic heterocycles. The number of carbonyl (C=O) groups is 1. The second-order valence-electron chi connectivity index (χ2n) is 23.9. The van der Waals surface area contributed by atoms with Gasteiger partial charge < -0.3 is 89.9 Å². The number of rotatable bonds is 50. The monoisotopic (exact) mass is 1250 g/mol. The van der Waals surface area contributed by atoms with Crippen LogP contribution in [0.25, 0.3) is 0 Å². The van der Waals surface area contributed by atoms with Gasteiger partial charge in [-0.1, -0.05) is 208 Å². The van der Waals surface area contributed by atoms with Crippen LogP contribution in [0.1, 0.15) is 213 Å². The third-order valence-electron chi connectivity index (χ3n) is 16.4. The van der Waals surface area contributed by atoms with Gasteiger partial charge in [-0.15, -0.1) is 0 Å². The van der Waals surface area contributed by atoms with Gasteiger partial charge in [-0.3, -0.25) is 4.79 Å². The summed E-state index contributed by atoms with van der Waals surface area (Å²) in [6.07, 6.45) is 36.9. The van der Waals surface area contributed by atoms with Gasteiger partial charge in [0.05, 0.1) is 38.6 Å². The molecular weight excluding hydrogens is 1130 g/mol. The second-order valence-corrected chi connectivity index (χ2v) is 23.9. The number of allylic oxidation sites excluding steroid dienone is 13. The minimum Gasteiger partial charge on any atom is -0.394 e. The van der Waals surface area contributed by atoms with Crippen molar-refractivity contribution in [3.8, 4) is 0 Å². The fourth-order valence-corrected chi connectivity index (χ4v) is 10.9. The first-order valence-electron chi connectivity index (χ1n) is 33.8. The molecule has 508 valence electrons. The van der Waals surface area contributed by atoms with Crippen molar-refractivity contribution in [2.75, 3.05) is 26.4 Å². The molecule has 3 aliphatic heterocycles. The highest BCUT2D eigenvalue weighted by atomic mass is 16.8. The Morgan fingerprint density at radius 2 is 0.795 bits per heavy atom. The van der Waals surface area contributed by atoms with Crippen LogP contribution in [-0.4, -0.2) is 193 Å². The molecule has 3 rings (SSSR count). The maximum absolute atomic E-state index is 13.4. The summed E-state index contributed by atoms with van der Waals surface area (Å²) in [7, 11) is 0. The summed E-state index contributed by atoms with van der Waals surface area (Å²) in [5.74, 6) is -0.297. The van der Waals surface area contributed by atoms with Gasteiger partial charge in [0.1, 0.15) is 73.2 Å². The summed E-state index contributed by atoms with van der Waals surface area (Å²) in [5, 5.41) is 120. The van der Waals surface area contributed by atoms with E-state index in [2.05, 4.69) is 92.1 Å². The molecule has 3 fully saturated rings. The Bertz CT molecular complexity index is 1930. The molecule has 17 unspecified atom stereocenters. The fraction of sp³-hybridized carbons (Fsp3) is 0.783. The standard InChI is InChI=1S/C69H119NO18/c1-3-5-7-9-11-13-15-17-19-21-23-25-26-27-29-31-33-35-37-39-41-43-45-47-57(75)70-52(53(74)46-44-42-40-38-36-34-32-30-28-24-22-20-18-16-14-12-10-8-6-4-2)51-83-67-63(81)60(78)65(55(49-72)85-67)88-69-64(82)61(79)66(56(50-73)86-69)87-68-62(80)59(77)58(76)54(48-71)84-68/h5,7,11,13,17,19,23,25,28,30,36,38,44,46,52-56,58-69,71-74,76-82H,3-4,6,8-10,12,14-16,18,20-22,24,26-27,29,31-35,37,39-43,45,47-51H2,1-2H3,(H,70,75)/b7-5-,13-11-,19-17-,25-23-,30-28+,38-36+,46-44+. The summed E-state index contributed by atoms with van der Waals surface area (Å²) in [6.45, 7) is 1.58. The van der Waals surface area contributed by atoms with Crippen LogP contribution in [0.15, 0.2) is 85.1 Å². The molecule has 12 N–H and O–H groups in total. The summed E-state index contributed by atoms with van der Waals surface area (Å²) in [6, 6.07) is -1.00. The van der Waals surface area contributed by atoms with Crippen LogP contribution >= 0.6 is 0 Å². The number of nitrogens with one attached hydrogen (secondary N) is 1. The van der Waals surface area contributed by atoms with Crippen LogP contribution in [0.4, 0.5) is 0 Å². The van der Waals surface area contributed by atoms with E-state index in [1.807, 2.05) is 6.08 Å². The van der Waals surface area contributed by atoms with Gasteiger partial charge in [-0.25, -0.2) is 0 Å². The SMILES string of the molecule is CC/C=C\C/C=C\C/C=C\C/C=C\CCCCCCCCCCCCC(=O)NC(COC1OC(CO)C(OC2OC(CO)C(OC3OC(CO)C(O)C(O)C3O)C(O)C2O)C(O)C1O)C(O)/C=C/CC/C=C/CC/C=C/CCCCCCCCCCCC. The van der Waals surface area contributed by atoms with Crippen molar-refractivity contribution >= 4 is 5.91 Å². The minimum atomic E-state index is -1.99. The molecule has 3 heterocycles. The van der Waals surface area contributed by atoms with E-state index in [1.165, 1.54) is 96.3 Å². The largest absolute Gasteiger partial charge is 0.394 e. The van der Waals surface area contributed by atoms with Crippen LogP contribution in [-0.2, 0) is 33.2 Å². The van der Waals surface area contributed by atoms with Crippen molar-refractivity contribution in [1.82, 2.24) is 5.32 Å². The number of carbonyl (C=O) groups excluding carboxylic acids is 1. The molecule has 19 heteroatoms. The molecule has 3 aliphatic rings. The van der Waals surface area contributed by atoms with Crippen molar-refractivity contribution in [2.45, 2.75) is 317 Å². The van der Waals surface area contributed by atoms with E-state index < -0.39 is 124 Å². The van der Waals surface area contributed by atoms with Gasteiger partial charge in [0.15, 0.2) is 18.9 Å². The molecule has 0 saturated carbocycles. The molecule has 0 spiro atoms. The number of aliphatic hydroxyl groups excluding tert-OH is 11. The van der Waals surface area contributed by atoms with Crippen LogP contribution in [0, 0.1) is 0 Å². The number of amides is 1. The van der Waals surface area contributed by atoms with Gasteiger partial charge in [0, 0.05) is 6.42 Å². The van der Waals surface area contributed by atoms with Crippen molar-refractivity contribution in [1.29, 1.82) is 0 Å². The van der Waals surface area contributed by atoms with Gasteiger partial charge in [0.2, 0.25) is 5.91 Å². The van der Waals surface area contributed by atoms with Crippen LogP contribution in [0.5, 0.6) is 0 Å². The predicted molar refractivity (Wildman–Crippen MR) is 341 cm³/mol. The molecule has 0 radical (unpaired) electrons. The van der Waals surface area contributed by atoms with Crippen LogP contribution in [0.2, 0.25) is 0 Å². The molecular formula is C69H119NO18. The Balaban J connectivity index is 1.47. The van der Waals surface area contributed by atoms with Gasteiger partial charge in [-0.2, -0.15) is 0 Å². The zero-order chi connectivity index (χ0) is 64.0. The number of unbranched alkanes of at least 4 members (excludes halogenated alkanes) is 22. The highest BCUT2D eigenvalue weighted by Gasteiger charge is 2.53. The van der Waals surface area contributed by atoms with E-state index in [0.717, 1.165) is 83.5 Å². The molecule has 17 atom stereocenters. The summed E-state index contributed by atoms with van der Waals surface area (Å²) >= 11 is 0. The topological polar surface area (TPSA) is 307 Å². The van der Waals surface area contributed by atoms with E-state index >= 15 is 0 Å². The maximum Gasteiger partial charge on any atom is 0.220 e. The lowest BCUT2D eigenvalue weighted by molar-refractivity contribution is -0.379. The lowest BCUT2D eigenvalue weighted by Gasteiger charge is -2.48. The maximum atomic E-state index is 13.4. The number of hydrogen-bond acceptors (Lipinski definition) is 18. The average molecular weight is 1250 g/mol. The smallest absolute Gasteiger partial charge is 0.220 e. The number of hydrogen-bond donors (Lipinski definition) is 12. The average Bonchev–Trinajstić information content (AvgIpc) is 3.71. The molecule has 0 aromatic carbocycles. The lowest BCUT2D eigenvalue weighted by atomic mass is 9.96. The zero-order valence-corrected chi connectivity index (χ0v) is 53.4. The molecule has 1 amide bonds. The van der Waals surface area contributed by atoms with Crippen LogP contribution in [0.3, 0.4) is 0 Å². The number of ether oxygens (including phenoxy) is 6. The van der Waals surface area contributed by atoms with E-state index in [-0.39, 0.29) is 18.9 Å². The second kappa shape index (κ2) is 50.5. The van der Waals surface area contributed by atoms with Gasteiger partial charge in [-0.05, 0) is 83.5 Å². The van der Waals surface area contributed by atoms with Gasteiger partial charge in [0.25, 0.3) is 0 Å². The first-order chi connectivity index (χ1) is 42.8. The lowest BCUT2D eigenvalue weighted by Crippen LogP contribution is -2.66.